The molecule has 7 rings (SSSR count). The Morgan fingerprint density at radius 1 is 0.733 bits per heavy atom. The van der Waals surface area contributed by atoms with Crippen molar-refractivity contribution in [3.63, 3.8) is 0 Å². The number of hydrogen-bond donors (Lipinski definition) is 3. The van der Waals surface area contributed by atoms with Gasteiger partial charge in [0.2, 0.25) is 11.8 Å². The lowest BCUT2D eigenvalue weighted by molar-refractivity contribution is 0.260. The van der Waals surface area contributed by atoms with E-state index in [9.17, 15) is 0 Å². The summed E-state index contributed by atoms with van der Waals surface area (Å²) in [4.78, 5) is 5.28. The lowest BCUT2D eigenvalue weighted by Crippen LogP contribution is -2.24. The van der Waals surface area contributed by atoms with Crippen LogP contribution in [-0.2, 0) is 4.74 Å². The normalized spacial score (nSPS) is 18.5. The number of nitrogens with one attached hydrogen (secondary N) is 3. The summed E-state index contributed by atoms with van der Waals surface area (Å²) in [5.74, 6) is 0.740. The van der Waals surface area contributed by atoms with Gasteiger partial charge in [-0.25, -0.2) is 0 Å². The standard InChI is InChI=1S/C39H32N4O2/c1-25-31(26-13-5-2-6-14-26)24-34(42-36(25)27-15-7-3-8-16-27)32-23-29(39-43-33-19-11-12-20-35(33)44-39)21-22-30(32)38(41)45-37(40)28-17-9-4-10-18-28/h2-25,31,39-41,43H,1H3. The molecule has 45 heavy (non-hydrogen) atoms. The topological polar surface area (TPSA) is 90.6 Å². The molecule has 0 bridgehead atoms. The molecule has 0 radical (unpaired) electrons. The van der Waals surface area contributed by atoms with Gasteiger partial charge in [0, 0.05) is 34.1 Å². The van der Waals surface area contributed by atoms with Crippen molar-refractivity contribution in [1.29, 1.82) is 10.8 Å². The fourth-order valence-electron chi connectivity index (χ4n) is 5.98. The molecule has 3 atom stereocenters. The van der Waals surface area contributed by atoms with Crippen molar-refractivity contribution in [2.45, 2.75) is 19.1 Å². The maximum absolute atomic E-state index is 9.04. The quantitative estimate of drug-likeness (QED) is 0.137. The Hall–Kier alpha value is -5.75. The third kappa shape index (κ3) is 5.66. The van der Waals surface area contributed by atoms with Crippen LogP contribution < -0.4 is 10.1 Å². The number of allylic oxidation sites excluding steroid dienone is 1. The fraction of sp³-hybridized carbons (Fsp3) is 0.103. The highest BCUT2D eigenvalue weighted by molar-refractivity contribution is 6.10. The molecule has 0 aliphatic carbocycles. The Balaban J connectivity index is 1.35. The van der Waals surface area contributed by atoms with Gasteiger partial charge in [-0.3, -0.25) is 15.8 Å². The van der Waals surface area contributed by atoms with Gasteiger partial charge in [0.1, 0.15) is 5.75 Å². The smallest absolute Gasteiger partial charge is 0.221 e. The van der Waals surface area contributed by atoms with Crippen LogP contribution in [-0.4, -0.2) is 17.5 Å². The van der Waals surface area contributed by atoms with E-state index in [-0.39, 0.29) is 23.6 Å². The average Bonchev–Trinajstić information content (AvgIpc) is 3.54. The van der Waals surface area contributed by atoms with Crippen LogP contribution in [0, 0.1) is 16.7 Å². The molecule has 0 saturated carbocycles. The third-order valence-corrected chi connectivity index (χ3v) is 8.33. The maximum atomic E-state index is 9.04. The van der Waals surface area contributed by atoms with E-state index in [1.54, 1.807) is 12.1 Å². The molecular weight excluding hydrogens is 556 g/mol. The largest absolute Gasteiger partial charge is 0.464 e. The highest BCUT2D eigenvalue weighted by Crippen LogP contribution is 2.41. The molecule has 5 aromatic rings. The van der Waals surface area contributed by atoms with Crippen LogP contribution in [0.15, 0.2) is 145 Å². The molecule has 3 unspecified atom stereocenters. The van der Waals surface area contributed by atoms with Crippen molar-refractivity contribution < 1.29 is 9.47 Å². The van der Waals surface area contributed by atoms with Crippen LogP contribution in [0.4, 0.5) is 5.69 Å². The summed E-state index contributed by atoms with van der Waals surface area (Å²) < 4.78 is 12.1. The number of fused-ring (bicyclic) bond motifs is 1. The van der Waals surface area contributed by atoms with Gasteiger partial charge in [-0.1, -0.05) is 104 Å². The van der Waals surface area contributed by atoms with E-state index >= 15 is 0 Å². The Labute approximate surface area is 262 Å². The van der Waals surface area contributed by atoms with Crippen molar-refractivity contribution in [1.82, 2.24) is 0 Å². The monoisotopic (exact) mass is 588 g/mol. The molecule has 2 aliphatic rings. The summed E-state index contributed by atoms with van der Waals surface area (Å²) in [6.45, 7) is 2.22. The van der Waals surface area contributed by atoms with Crippen molar-refractivity contribution in [3.8, 4) is 5.75 Å². The van der Waals surface area contributed by atoms with Gasteiger partial charge in [-0.15, -0.1) is 0 Å². The Morgan fingerprint density at radius 2 is 1.40 bits per heavy atom. The van der Waals surface area contributed by atoms with E-state index < -0.39 is 6.23 Å². The van der Waals surface area contributed by atoms with Gasteiger partial charge in [0.15, 0.2) is 6.23 Å². The SMILES string of the molecule is CC1C(c2ccccc2)=NC(c2cc(C3Nc4ccccc4O3)ccc2C(=N)OC(=N)c2ccccc2)=CC1c1ccccc1. The predicted molar refractivity (Wildman–Crippen MR) is 180 cm³/mol. The zero-order chi connectivity index (χ0) is 30.8. The lowest BCUT2D eigenvalue weighted by Gasteiger charge is -2.29. The maximum Gasteiger partial charge on any atom is 0.221 e. The van der Waals surface area contributed by atoms with E-state index in [0.717, 1.165) is 39.5 Å². The molecule has 3 N–H and O–H groups in total. The highest BCUT2D eigenvalue weighted by atomic mass is 16.5. The van der Waals surface area contributed by atoms with Crippen LogP contribution in [0.1, 0.15) is 52.5 Å². The van der Waals surface area contributed by atoms with Gasteiger partial charge in [0.05, 0.1) is 17.1 Å². The molecule has 0 saturated heterocycles. The second kappa shape index (κ2) is 12.1. The highest BCUT2D eigenvalue weighted by Gasteiger charge is 2.31. The first-order valence-electron chi connectivity index (χ1n) is 15.0. The number of ether oxygens (including phenoxy) is 2. The van der Waals surface area contributed by atoms with E-state index in [1.807, 2.05) is 84.9 Å². The molecule has 0 fully saturated rings. The second-order valence-electron chi connectivity index (χ2n) is 11.2. The van der Waals surface area contributed by atoms with Gasteiger partial charge < -0.3 is 14.8 Å². The summed E-state index contributed by atoms with van der Waals surface area (Å²) in [6, 6.07) is 43.6. The fourth-order valence-corrected chi connectivity index (χ4v) is 5.98. The number of para-hydroxylation sites is 2. The van der Waals surface area contributed by atoms with E-state index in [1.165, 1.54) is 5.56 Å². The van der Waals surface area contributed by atoms with Crippen molar-refractivity contribution >= 4 is 28.9 Å². The number of nitrogens with zero attached hydrogens (tertiary/aromatic N) is 1. The van der Waals surface area contributed by atoms with Crippen LogP contribution >= 0.6 is 0 Å². The minimum Gasteiger partial charge on any atom is -0.464 e. The Bertz CT molecular complexity index is 1910. The van der Waals surface area contributed by atoms with Crippen molar-refractivity contribution in [3.05, 3.63) is 173 Å². The summed E-state index contributed by atoms with van der Waals surface area (Å²) >= 11 is 0. The minimum absolute atomic E-state index is 0.0493. The lowest BCUT2D eigenvalue weighted by atomic mass is 9.78. The van der Waals surface area contributed by atoms with E-state index in [2.05, 4.69) is 54.7 Å². The summed E-state index contributed by atoms with van der Waals surface area (Å²) in [7, 11) is 0. The van der Waals surface area contributed by atoms with Crippen molar-refractivity contribution in [2.75, 3.05) is 5.32 Å². The minimum atomic E-state index is -0.404. The van der Waals surface area contributed by atoms with Crippen LogP contribution in [0.2, 0.25) is 0 Å². The van der Waals surface area contributed by atoms with Gasteiger partial charge in [0.25, 0.3) is 0 Å². The Kier molecular flexibility index (Phi) is 7.54. The van der Waals surface area contributed by atoms with Gasteiger partial charge >= 0.3 is 0 Å². The molecule has 0 amide bonds. The first kappa shape index (κ1) is 28.0. The van der Waals surface area contributed by atoms with E-state index in [4.69, 9.17) is 25.3 Å². The molecular formula is C39H32N4O2. The molecule has 5 aromatic carbocycles. The Morgan fingerprint density at radius 3 is 2.13 bits per heavy atom. The molecule has 6 heteroatoms. The summed E-state index contributed by atoms with van der Waals surface area (Å²) in [5, 5.41) is 21.1. The average molecular weight is 589 g/mol. The molecule has 6 nitrogen and oxygen atoms in total. The number of rotatable bonds is 6. The van der Waals surface area contributed by atoms with Gasteiger partial charge in [-0.2, -0.15) is 0 Å². The van der Waals surface area contributed by atoms with Crippen LogP contribution in [0.25, 0.3) is 5.70 Å². The van der Waals surface area contributed by atoms with E-state index in [0.29, 0.717) is 11.1 Å². The van der Waals surface area contributed by atoms with Crippen LogP contribution in [0.3, 0.4) is 0 Å². The number of anilines is 1. The number of aliphatic imine (C=N–C) groups is 1. The second-order valence-corrected chi connectivity index (χ2v) is 11.2. The third-order valence-electron chi connectivity index (χ3n) is 8.33. The van der Waals surface area contributed by atoms with Gasteiger partial charge in [-0.05, 0) is 53.6 Å². The number of hydrogen-bond acceptors (Lipinski definition) is 6. The first-order valence-corrected chi connectivity index (χ1v) is 15.0. The molecule has 2 heterocycles. The molecule has 2 aliphatic heterocycles. The van der Waals surface area contributed by atoms with Crippen LogP contribution in [0.5, 0.6) is 5.75 Å². The summed E-state index contributed by atoms with van der Waals surface area (Å²) in [5.41, 5.74) is 7.67. The number of benzene rings is 5. The molecule has 0 aromatic heterocycles. The molecule has 220 valence electrons. The zero-order valence-electron chi connectivity index (χ0n) is 24.8. The first-order chi connectivity index (χ1) is 22.0. The zero-order valence-corrected chi connectivity index (χ0v) is 24.8. The predicted octanol–water partition coefficient (Wildman–Crippen LogP) is 8.82. The molecule has 0 spiro atoms. The summed E-state index contributed by atoms with van der Waals surface area (Å²) in [6.07, 6.45) is 1.79. The van der Waals surface area contributed by atoms with Crippen molar-refractivity contribution in [2.24, 2.45) is 10.9 Å².